The van der Waals surface area contributed by atoms with E-state index < -0.39 is 0 Å². The Labute approximate surface area is 154 Å². The summed E-state index contributed by atoms with van der Waals surface area (Å²) in [6, 6.07) is 7.35. The second-order valence-electron chi connectivity index (χ2n) is 5.72. The molecule has 1 N–H and O–H groups in total. The van der Waals surface area contributed by atoms with Gasteiger partial charge in [-0.15, -0.1) is 11.3 Å². The first-order valence-corrected chi connectivity index (χ1v) is 9.16. The van der Waals surface area contributed by atoms with E-state index in [0.717, 1.165) is 10.1 Å². The van der Waals surface area contributed by atoms with Gasteiger partial charge in [0.2, 0.25) is 11.8 Å². The Balaban J connectivity index is 1.57. The zero-order valence-electron chi connectivity index (χ0n) is 14.6. The first kappa shape index (κ1) is 18.1. The molecule has 7 nitrogen and oxygen atoms in total. The summed E-state index contributed by atoms with van der Waals surface area (Å²) in [7, 11) is 0. The molecule has 26 heavy (non-hydrogen) atoms. The summed E-state index contributed by atoms with van der Waals surface area (Å²) in [6.45, 7) is 3.88. The van der Waals surface area contributed by atoms with Crippen LogP contribution in [0.15, 0.2) is 28.8 Å². The first-order valence-electron chi connectivity index (χ1n) is 8.35. The molecule has 0 aliphatic heterocycles. The topological polar surface area (TPSA) is 94.3 Å². The molecule has 2 aromatic heterocycles. The highest BCUT2D eigenvalue weighted by molar-refractivity contribution is 7.20. The molecule has 0 saturated carbocycles. The normalized spacial score (nSPS) is 10.8. The van der Waals surface area contributed by atoms with Crippen molar-refractivity contribution in [2.75, 3.05) is 11.9 Å². The van der Waals surface area contributed by atoms with Crippen molar-refractivity contribution >= 4 is 39.0 Å². The number of aromatic nitrogens is 2. The van der Waals surface area contributed by atoms with E-state index in [2.05, 4.69) is 15.5 Å². The number of fused-ring (bicyclic) bond motifs is 1. The summed E-state index contributed by atoms with van der Waals surface area (Å²) >= 11 is 1.38. The van der Waals surface area contributed by atoms with E-state index in [4.69, 9.17) is 9.26 Å². The number of hydrogen-bond donors (Lipinski definition) is 1. The smallest absolute Gasteiger partial charge is 0.348 e. The van der Waals surface area contributed by atoms with Gasteiger partial charge >= 0.3 is 5.97 Å². The first-order chi connectivity index (χ1) is 12.5. The standard InChI is InChI=1S/C18H19N3O4S/c1-3-24-18(23)15-10-12-9-13(7-8-14(12)26-15)20-16(22)5-4-6-17-19-11(2)21-25-17/h7-10H,3-6H2,1-2H3,(H,20,22). The number of ether oxygens (including phenoxy) is 1. The lowest BCUT2D eigenvalue weighted by atomic mass is 10.2. The van der Waals surface area contributed by atoms with Crippen LogP contribution in [0.25, 0.3) is 10.1 Å². The van der Waals surface area contributed by atoms with Gasteiger partial charge in [0, 0.05) is 23.2 Å². The van der Waals surface area contributed by atoms with Crippen molar-refractivity contribution in [3.05, 3.63) is 40.9 Å². The Hall–Kier alpha value is -2.74. The fraction of sp³-hybridized carbons (Fsp3) is 0.333. The van der Waals surface area contributed by atoms with Gasteiger partial charge in [0.15, 0.2) is 5.82 Å². The Morgan fingerprint density at radius 3 is 2.88 bits per heavy atom. The number of esters is 1. The Morgan fingerprint density at radius 1 is 1.31 bits per heavy atom. The van der Waals surface area contributed by atoms with Crippen LogP contribution in [0.1, 0.15) is 41.2 Å². The van der Waals surface area contributed by atoms with Crippen molar-refractivity contribution in [1.82, 2.24) is 10.1 Å². The van der Waals surface area contributed by atoms with Crippen LogP contribution in [0.2, 0.25) is 0 Å². The number of carbonyl (C=O) groups is 2. The number of nitrogens with zero attached hydrogens (tertiary/aromatic N) is 2. The number of nitrogens with one attached hydrogen (secondary N) is 1. The average Bonchev–Trinajstić information content (AvgIpc) is 3.21. The van der Waals surface area contributed by atoms with Gasteiger partial charge in [-0.2, -0.15) is 4.98 Å². The van der Waals surface area contributed by atoms with Crippen LogP contribution in [-0.2, 0) is 16.0 Å². The van der Waals surface area contributed by atoms with Crippen LogP contribution in [0.4, 0.5) is 5.69 Å². The van der Waals surface area contributed by atoms with Crippen LogP contribution < -0.4 is 5.32 Å². The summed E-state index contributed by atoms with van der Waals surface area (Å²) in [5, 5.41) is 7.49. The molecule has 0 saturated heterocycles. The van der Waals surface area contributed by atoms with Crippen LogP contribution in [0, 0.1) is 6.92 Å². The second kappa shape index (κ2) is 8.09. The van der Waals surface area contributed by atoms with Gasteiger partial charge in [-0.25, -0.2) is 4.79 Å². The lowest BCUT2D eigenvalue weighted by Gasteiger charge is -2.04. The van der Waals surface area contributed by atoms with Gasteiger partial charge in [-0.3, -0.25) is 4.79 Å². The third kappa shape index (κ3) is 4.45. The lowest BCUT2D eigenvalue weighted by Crippen LogP contribution is -2.11. The third-order valence-corrected chi connectivity index (χ3v) is 4.74. The van der Waals surface area contributed by atoms with Crippen molar-refractivity contribution in [2.45, 2.75) is 33.1 Å². The highest BCUT2D eigenvalue weighted by Gasteiger charge is 2.12. The summed E-state index contributed by atoms with van der Waals surface area (Å²) in [5.41, 5.74) is 0.698. The number of carbonyl (C=O) groups excluding carboxylic acids is 2. The van der Waals surface area contributed by atoms with E-state index in [0.29, 0.717) is 48.1 Å². The number of thiophene rings is 1. The van der Waals surface area contributed by atoms with Crippen molar-refractivity contribution in [3.63, 3.8) is 0 Å². The Kier molecular flexibility index (Phi) is 5.62. The molecule has 0 fully saturated rings. The fourth-order valence-corrected chi connectivity index (χ4v) is 3.43. The number of benzene rings is 1. The fourth-order valence-electron chi connectivity index (χ4n) is 2.49. The van der Waals surface area contributed by atoms with Gasteiger partial charge in [0.25, 0.3) is 0 Å². The van der Waals surface area contributed by atoms with Crippen molar-refractivity contribution in [1.29, 1.82) is 0 Å². The summed E-state index contributed by atoms with van der Waals surface area (Å²) in [6.07, 6.45) is 1.55. The van der Waals surface area contributed by atoms with E-state index in [-0.39, 0.29) is 11.9 Å². The molecule has 0 aliphatic rings. The number of rotatable bonds is 7. The van der Waals surface area contributed by atoms with Gasteiger partial charge in [-0.1, -0.05) is 5.16 Å². The summed E-state index contributed by atoms with van der Waals surface area (Å²) < 4.78 is 11.0. The van der Waals surface area contributed by atoms with Crippen molar-refractivity contribution in [2.24, 2.45) is 0 Å². The van der Waals surface area contributed by atoms with Crippen LogP contribution in [0.3, 0.4) is 0 Å². The van der Waals surface area contributed by atoms with Gasteiger partial charge in [0.1, 0.15) is 4.88 Å². The molecular weight excluding hydrogens is 354 g/mol. The molecule has 8 heteroatoms. The van der Waals surface area contributed by atoms with Crippen LogP contribution >= 0.6 is 11.3 Å². The maximum absolute atomic E-state index is 12.1. The molecule has 0 spiro atoms. The average molecular weight is 373 g/mol. The maximum atomic E-state index is 12.1. The number of anilines is 1. The zero-order chi connectivity index (χ0) is 18.5. The minimum absolute atomic E-state index is 0.0820. The SMILES string of the molecule is CCOC(=O)c1cc2cc(NC(=O)CCCc3nc(C)no3)ccc2s1. The minimum atomic E-state index is -0.324. The molecule has 2 heterocycles. The second-order valence-corrected chi connectivity index (χ2v) is 6.80. The molecule has 1 amide bonds. The highest BCUT2D eigenvalue weighted by atomic mass is 32.1. The molecule has 1 aromatic carbocycles. The van der Waals surface area contributed by atoms with E-state index >= 15 is 0 Å². The maximum Gasteiger partial charge on any atom is 0.348 e. The molecule has 0 atom stereocenters. The third-order valence-electron chi connectivity index (χ3n) is 3.64. The predicted molar refractivity (Wildman–Crippen MR) is 98.4 cm³/mol. The number of hydrogen-bond acceptors (Lipinski definition) is 7. The van der Waals surface area contributed by atoms with Gasteiger partial charge in [0.05, 0.1) is 6.61 Å². The van der Waals surface area contributed by atoms with E-state index in [1.807, 2.05) is 18.2 Å². The highest BCUT2D eigenvalue weighted by Crippen LogP contribution is 2.28. The Bertz CT molecular complexity index is 932. The molecule has 3 aromatic rings. The molecule has 0 aliphatic carbocycles. The van der Waals surface area contributed by atoms with Crippen LogP contribution in [-0.4, -0.2) is 28.6 Å². The summed E-state index contributed by atoms with van der Waals surface area (Å²) in [4.78, 5) is 28.6. The zero-order valence-corrected chi connectivity index (χ0v) is 15.4. The van der Waals surface area contributed by atoms with Gasteiger partial charge < -0.3 is 14.6 Å². The largest absolute Gasteiger partial charge is 0.462 e. The minimum Gasteiger partial charge on any atom is -0.462 e. The van der Waals surface area contributed by atoms with Gasteiger partial charge in [-0.05, 0) is 49.9 Å². The van der Waals surface area contributed by atoms with E-state index in [1.54, 1.807) is 19.9 Å². The lowest BCUT2D eigenvalue weighted by molar-refractivity contribution is -0.116. The molecule has 3 rings (SSSR count). The Morgan fingerprint density at radius 2 is 2.15 bits per heavy atom. The molecule has 0 unspecified atom stereocenters. The molecule has 0 bridgehead atoms. The molecular formula is C18H19N3O4S. The summed E-state index contributed by atoms with van der Waals surface area (Å²) in [5.74, 6) is 0.731. The monoisotopic (exact) mass is 373 g/mol. The van der Waals surface area contributed by atoms with Crippen LogP contribution in [0.5, 0.6) is 0 Å². The van der Waals surface area contributed by atoms with E-state index in [1.165, 1.54) is 11.3 Å². The number of aryl methyl sites for hydroxylation is 2. The molecule has 0 radical (unpaired) electrons. The quantitative estimate of drug-likeness (QED) is 0.634. The van der Waals surface area contributed by atoms with Crippen molar-refractivity contribution < 1.29 is 18.8 Å². The van der Waals surface area contributed by atoms with Crippen molar-refractivity contribution in [3.8, 4) is 0 Å². The van der Waals surface area contributed by atoms with E-state index in [9.17, 15) is 9.59 Å². The predicted octanol–water partition coefficient (Wildman–Crippen LogP) is 3.73. The number of amides is 1. The molecule has 136 valence electrons.